The van der Waals surface area contributed by atoms with Gasteiger partial charge in [0.05, 0.1) is 16.9 Å². The van der Waals surface area contributed by atoms with Gasteiger partial charge in [-0.15, -0.1) is 0 Å². The Kier molecular flexibility index (Phi) is 5.43. The average molecular weight is 358 g/mol. The van der Waals surface area contributed by atoms with E-state index in [0.29, 0.717) is 11.3 Å². The van der Waals surface area contributed by atoms with Gasteiger partial charge in [-0.2, -0.15) is 28.8 Å². The number of hydrazone groups is 1. The first-order valence-corrected chi connectivity index (χ1v) is 7.25. The number of benzene rings is 1. The van der Waals surface area contributed by atoms with Crippen molar-refractivity contribution in [2.45, 2.75) is 6.18 Å². The molecule has 0 atom stereocenters. The van der Waals surface area contributed by atoms with E-state index in [-0.39, 0.29) is 17.2 Å². The van der Waals surface area contributed by atoms with Crippen LogP contribution in [-0.2, 0) is 6.18 Å². The predicted octanol–water partition coefficient (Wildman–Crippen LogP) is 3.65. The topological polar surface area (TPSA) is 88.1 Å². The van der Waals surface area contributed by atoms with Crippen molar-refractivity contribution in [1.29, 1.82) is 10.5 Å². The number of anilines is 2. The number of nitriles is 2. The maximum atomic E-state index is 13.2. The lowest BCUT2D eigenvalue weighted by Crippen LogP contribution is -2.14. The van der Waals surface area contributed by atoms with Crippen molar-refractivity contribution in [3.8, 4) is 23.4 Å². The number of hydrogen-bond acceptors (Lipinski definition) is 6. The largest absolute Gasteiger partial charge is 0.416 e. The molecule has 0 radical (unpaired) electrons. The third-order valence-electron chi connectivity index (χ3n) is 3.26. The van der Waals surface area contributed by atoms with E-state index in [1.165, 1.54) is 11.0 Å². The van der Waals surface area contributed by atoms with Crippen LogP contribution in [0.4, 0.5) is 24.7 Å². The zero-order valence-electron chi connectivity index (χ0n) is 13.8. The van der Waals surface area contributed by atoms with Gasteiger partial charge in [-0.3, -0.25) is 5.43 Å². The standard InChI is InChI=1S/C17H13F3N6/c1-26(2)16-8-12(17(18,19)20)7-15(23-16)11-4-3-5-13(6-11)24-25-14(9-21)10-22/h3-8,24H,1-2H3. The molecule has 6 nitrogen and oxygen atoms in total. The van der Waals surface area contributed by atoms with Crippen molar-refractivity contribution in [2.24, 2.45) is 5.10 Å². The number of hydrogen-bond donors (Lipinski definition) is 1. The molecule has 0 unspecified atom stereocenters. The fraction of sp³-hybridized carbons (Fsp3) is 0.176. The number of alkyl halides is 3. The molecule has 0 saturated carbocycles. The summed E-state index contributed by atoms with van der Waals surface area (Å²) in [6, 6.07) is 11.5. The Hall–Kier alpha value is -3.59. The zero-order valence-corrected chi connectivity index (χ0v) is 13.8. The van der Waals surface area contributed by atoms with Crippen molar-refractivity contribution in [3.05, 3.63) is 42.0 Å². The van der Waals surface area contributed by atoms with Crippen LogP contribution in [0.25, 0.3) is 11.3 Å². The molecule has 9 heteroatoms. The van der Waals surface area contributed by atoms with Gasteiger partial charge >= 0.3 is 6.18 Å². The number of pyridine rings is 1. The molecule has 2 rings (SSSR count). The Bertz CT molecular complexity index is 903. The number of halogens is 3. The molecular formula is C17H13F3N6. The zero-order chi connectivity index (χ0) is 19.3. The van der Waals surface area contributed by atoms with E-state index in [2.05, 4.69) is 15.5 Å². The highest BCUT2D eigenvalue weighted by Crippen LogP contribution is 2.34. The summed E-state index contributed by atoms with van der Waals surface area (Å²) in [6.07, 6.45) is -4.50. The predicted molar refractivity (Wildman–Crippen MR) is 91.3 cm³/mol. The Balaban J connectivity index is 2.47. The number of nitrogens with zero attached hydrogens (tertiary/aromatic N) is 5. The fourth-order valence-corrected chi connectivity index (χ4v) is 2.00. The summed E-state index contributed by atoms with van der Waals surface area (Å²) in [5.74, 6) is 0.169. The molecule has 26 heavy (non-hydrogen) atoms. The van der Waals surface area contributed by atoms with Gasteiger partial charge in [-0.05, 0) is 24.3 Å². The van der Waals surface area contributed by atoms with Crippen LogP contribution in [0.2, 0.25) is 0 Å². The summed E-state index contributed by atoms with van der Waals surface area (Å²) < 4.78 is 39.5. The van der Waals surface area contributed by atoms with Crippen molar-refractivity contribution in [3.63, 3.8) is 0 Å². The van der Waals surface area contributed by atoms with Crippen LogP contribution in [0.3, 0.4) is 0 Å². The second-order valence-electron chi connectivity index (χ2n) is 5.37. The molecule has 0 fully saturated rings. The minimum absolute atomic E-state index is 0.136. The Labute approximate surface area is 147 Å². The minimum atomic E-state index is -4.50. The van der Waals surface area contributed by atoms with Gasteiger partial charge in [0.1, 0.15) is 18.0 Å². The van der Waals surface area contributed by atoms with Gasteiger partial charge in [0.2, 0.25) is 5.71 Å². The normalized spacial score (nSPS) is 10.4. The first-order valence-electron chi connectivity index (χ1n) is 7.25. The maximum absolute atomic E-state index is 13.2. The average Bonchev–Trinajstić information content (AvgIpc) is 2.61. The van der Waals surface area contributed by atoms with Crippen molar-refractivity contribution < 1.29 is 13.2 Å². The summed E-state index contributed by atoms with van der Waals surface area (Å²) in [5, 5.41) is 20.9. The lowest BCUT2D eigenvalue weighted by atomic mass is 10.1. The first kappa shape index (κ1) is 18.7. The van der Waals surface area contributed by atoms with Gasteiger partial charge in [0, 0.05) is 19.7 Å². The fourth-order valence-electron chi connectivity index (χ4n) is 2.00. The van der Waals surface area contributed by atoms with E-state index < -0.39 is 11.7 Å². The molecule has 1 heterocycles. The lowest BCUT2D eigenvalue weighted by Gasteiger charge is -2.16. The molecule has 1 aromatic carbocycles. The van der Waals surface area contributed by atoms with Crippen LogP contribution in [0.5, 0.6) is 0 Å². The summed E-state index contributed by atoms with van der Waals surface area (Å²) in [4.78, 5) is 5.73. The number of aromatic nitrogens is 1. The van der Waals surface area contributed by atoms with Crippen LogP contribution < -0.4 is 10.3 Å². The third-order valence-corrected chi connectivity index (χ3v) is 3.26. The van der Waals surface area contributed by atoms with E-state index in [1.807, 2.05) is 0 Å². The molecule has 0 saturated heterocycles. The van der Waals surface area contributed by atoms with Crippen molar-refractivity contribution in [2.75, 3.05) is 24.4 Å². The minimum Gasteiger partial charge on any atom is -0.363 e. The quantitative estimate of drug-likeness (QED) is 0.666. The molecule has 0 aliphatic rings. The molecule has 1 N–H and O–H groups in total. The molecule has 0 aliphatic heterocycles. The molecule has 0 amide bonds. The van der Waals surface area contributed by atoms with Crippen molar-refractivity contribution >= 4 is 17.2 Å². The highest BCUT2D eigenvalue weighted by atomic mass is 19.4. The second-order valence-corrected chi connectivity index (χ2v) is 5.37. The molecule has 0 aliphatic carbocycles. The van der Waals surface area contributed by atoms with E-state index in [4.69, 9.17) is 10.5 Å². The van der Waals surface area contributed by atoms with Gasteiger partial charge < -0.3 is 4.90 Å². The Morgan fingerprint density at radius 3 is 2.42 bits per heavy atom. The monoisotopic (exact) mass is 358 g/mol. The van der Waals surface area contributed by atoms with Gasteiger partial charge in [0.25, 0.3) is 0 Å². The van der Waals surface area contributed by atoms with Gasteiger partial charge in [-0.25, -0.2) is 4.98 Å². The van der Waals surface area contributed by atoms with Gasteiger partial charge in [-0.1, -0.05) is 12.1 Å². The van der Waals surface area contributed by atoms with Crippen molar-refractivity contribution in [1.82, 2.24) is 4.98 Å². The summed E-state index contributed by atoms with van der Waals surface area (Å²) in [7, 11) is 3.20. The molecule has 0 bridgehead atoms. The summed E-state index contributed by atoms with van der Waals surface area (Å²) in [6.45, 7) is 0. The van der Waals surface area contributed by atoms with E-state index in [9.17, 15) is 13.2 Å². The summed E-state index contributed by atoms with van der Waals surface area (Å²) in [5.41, 5.74) is 2.30. The molecule has 1 aromatic heterocycles. The van der Waals surface area contributed by atoms with E-state index >= 15 is 0 Å². The molecule has 0 spiro atoms. The number of rotatable bonds is 4. The lowest BCUT2D eigenvalue weighted by molar-refractivity contribution is -0.137. The van der Waals surface area contributed by atoms with Crippen LogP contribution >= 0.6 is 0 Å². The maximum Gasteiger partial charge on any atom is 0.416 e. The van der Waals surface area contributed by atoms with E-state index in [1.54, 1.807) is 44.4 Å². The molecular weight excluding hydrogens is 345 g/mol. The van der Waals surface area contributed by atoms with E-state index in [0.717, 1.165) is 12.1 Å². The third kappa shape index (κ3) is 4.48. The Morgan fingerprint density at radius 2 is 1.85 bits per heavy atom. The van der Waals surface area contributed by atoms with Crippen LogP contribution in [-0.4, -0.2) is 24.8 Å². The highest BCUT2D eigenvalue weighted by molar-refractivity contribution is 6.10. The number of nitrogens with one attached hydrogen (secondary N) is 1. The molecule has 132 valence electrons. The Morgan fingerprint density at radius 1 is 1.15 bits per heavy atom. The SMILES string of the molecule is CN(C)c1cc(C(F)(F)F)cc(-c2cccc(NN=C(C#N)C#N)c2)n1. The highest BCUT2D eigenvalue weighted by Gasteiger charge is 2.32. The first-order chi connectivity index (χ1) is 12.2. The van der Waals surface area contributed by atoms with Crippen LogP contribution in [0, 0.1) is 22.7 Å². The van der Waals surface area contributed by atoms with Gasteiger partial charge in [0.15, 0.2) is 0 Å². The second kappa shape index (κ2) is 7.53. The van der Waals surface area contributed by atoms with Crippen LogP contribution in [0.15, 0.2) is 41.5 Å². The van der Waals surface area contributed by atoms with Crippen LogP contribution in [0.1, 0.15) is 5.56 Å². The smallest absolute Gasteiger partial charge is 0.363 e. The summed E-state index contributed by atoms with van der Waals surface area (Å²) >= 11 is 0. The molecule has 2 aromatic rings.